The number of carbonyl (C=O) groups excluding carboxylic acids is 2. The molecule has 0 atom stereocenters. The molecule has 0 unspecified atom stereocenters. The van der Waals surface area contributed by atoms with Gasteiger partial charge in [-0.05, 0) is 37.5 Å². The van der Waals surface area contributed by atoms with Crippen molar-refractivity contribution in [3.63, 3.8) is 0 Å². The van der Waals surface area contributed by atoms with Crippen molar-refractivity contribution in [3.8, 4) is 0 Å². The van der Waals surface area contributed by atoms with E-state index in [-0.39, 0.29) is 5.69 Å². The summed E-state index contributed by atoms with van der Waals surface area (Å²) in [5, 5.41) is 8.97. The van der Waals surface area contributed by atoms with Gasteiger partial charge in [0.2, 0.25) is 0 Å². The van der Waals surface area contributed by atoms with Crippen LogP contribution in [0.5, 0.6) is 0 Å². The van der Waals surface area contributed by atoms with E-state index in [0.717, 1.165) is 38.9 Å². The topological polar surface area (TPSA) is 79.3 Å². The number of halogens is 1. The summed E-state index contributed by atoms with van der Waals surface area (Å²) in [6.07, 6.45) is 6.14. The van der Waals surface area contributed by atoms with Crippen LogP contribution >= 0.6 is 0 Å². The molecule has 0 aliphatic carbocycles. The van der Waals surface area contributed by atoms with Crippen molar-refractivity contribution in [2.75, 3.05) is 28.6 Å². The van der Waals surface area contributed by atoms with Gasteiger partial charge in [0.05, 0.1) is 17.6 Å². The van der Waals surface area contributed by atoms with Crippen LogP contribution in [-0.2, 0) is 16.1 Å². The Balaban J connectivity index is 1.59. The Morgan fingerprint density at radius 3 is 2.50 bits per heavy atom. The fourth-order valence-corrected chi connectivity index (χ4v) is 2.95. The predicted molar refractivity (Wildman–Crippen MR) is 97.6 cm³/mol. The first kappa shape index (κ1) is 17.9. The number of hydrogen-bond acceptors (Lipinski definition) is 4. The van der Waals surface area contributed by atoms with Crippen LogP contribution in [0.25, 0.3) is 0 Å². The molecule has 2 heterocycles. The summed E-state index contributed by atoms with van der Waals surface area (Å²) in [7, 11) is 0. The van der Waals surface area contributed by atoms with Gasteiger partial charge in [0.1, 0.15) is 5.82 Å². The molecule has 1 fully saturated rings. The molecule has 2 amide bonds. The summed E-state index contributed by atoms with van der Waals surface area (Å²) in [5.41, 5.74) is 1.20. The molecule has 1 aromatic heterocycles. The Morgan fingerprint density at radius 2 is 1.85 bits per heavy atom. The van der Waals surface area contributed by atoms with Gasteiger partial charge in [-0.25, -0.2) is 4.39 Å². The van der Waals surface area contributed by atoms with E-state index in [0.29, 0.717) is 11.4 Å². The van der Waals surface area contributed by atoms with Crippen LogP contribution in [0.1, 0.15) is 26.2 Å². The standard InChI is InChI=1S/C18H22FN5O2/c1-2-7-24-12-14(11-20-24)22-18(26)17(25)21-13-5-6-16(15(19)10-13)23-8-3-4-9-23/h5-6,10-12H,2-4,7-9H2,1H3,(H,21,25)(H,22,26). The summed E-state index contributed by atoms with van der Waals surface area (Å²) in [6, 6.07) is 4.46. The van der Waals surface area contributed by atoms with Gasteiger partial charge in [-0.15, -0.1) is 0 Å². The van der Waals surface area contributed by atoms with E-state index >= 15 is 0 Å². The van der Waals surface area contributed by atoms with Crippen LogP contribution in [0.15, 0.2) is 30.6 Å². The van der Waals surface area contributed by atoms with Gasteiger partial charge in [-0.1, -0.05) is 6.92 Å². The van der Waals surface area contributed by atoms with Gasteiger partial charge in [0.15, 0.2) is 0 Å². The van der Waals surface area contributed by atoms with Gasteiger partial charge < -0.3 is 15.5 Å². The molecule has 7 nitrogen and oxygen atoms in total. The summed E-state index contributed by atoms with van der Waals surface area (Å²) in [6.45, 7) is 4.40. The zero-order chi connectivity index (χ0) is 18.5. The summed E-state index contributed by atoms with van der Waals surface area (Å²) in [4.78, 5) is 26.0. The quantitative estimate of drug-likeness (QED) is 0.805. The molecule has 0 bridgehead atoms. The zero-order valence-electron chi connectivity index (χ0n) is 14.7. The van der Waals surface area contributed by atoms with Crippen LogP contribution in [0, 0.1) is 5.82 Å². The monoisotopic (exact) mass is 359 g/mol. The molecule has 1 saturated heterocycles. The molecule has 1 aliphatic rings. The largest absolute Gasteiger partial charge is 0.369 e. The number of hydrogen-bond donors (Lipinski definition) is 2. The molecular formula is C18H22FN5O2. The van der Waals surface area contributed by atoms with E-state index in [1.54, 1.807) is 23.0 Å². The second kappa shape index (κ2) is 7.99. The van der Waals surface area contributed by atoms with E-state index in [1.807, 2.05) is 11.8 Å². The van der Waals surface area contributed by atoms with Crippen molar-refractivity contribution in [2.24, 2.45) is 0 Å². The highest BCUT2D eigenvalue weighted by molar-refractivity contribution is 6.43. The highest BCUT2D eigenvalue weighted by Crippen LogP contribution is 2.26. The van der Waals surface area contributed by atoms with E-state index < -0.39 is 17.6 Å². The average Bonchev–Trinajstić information content (AvgIpc) is 3.27. The maximum atomic E-state index is 14.3. The smallest absolute Gasteiger partial charge is 0.314 e. The Morgan fingerprint density at radius 1 is 1.15 bits per heavy atom. The number of anilines is 3. The minimum absolute atomic E-state index is 0.243. The molecule has 0 saturated carbocycles. The van der Waals surface area contributed by atoms with Crippen molar-refractivity contribution in [1.29, 1.82) is 0 Å². The van der Waals surface area contributed by atoms with Crippen LogP contribution in [-0.4, -0.2) is 34.7 Å². The number of aryl methyl sites for hydroxylation is 1. The Labute approximate surface area is 151 Å². The normalized spacial score (nSPS) is 13.7. The van der Waals surface area contributed by atoms with Gasteiger partial charge in [0, 0.05) is 31.5 Å². The first-order chi connectivity index (χ1) is 12.6. The van der Waals surface area contributed by atoms with Crippen molar-refractivity contribution >= 4 is 28.9 Å². The molecular weight excluding hydrogens is 337 g/mol. The third kappa shape index (κ3) is 4.19. The summed E-state index contributed by atoms with van der Waals surface area (Å²) < 4.78 is 16.0. The highest BCUT2D eigenvalue weighted by Gasteiger charge is 2.18. The number of aromatic nitrogens is 2. The average molecular weight is 359 g/mol. The fraction of sp³-hybridized carbons (Fsp3) is 0.389. The third-order valence-corrected chi connectivity index (χ3v) is 4.20. The maximum absolute atomic E-state index is 14.3. The Bertz CT molecular complexity index is 799. The van der Waals surface area contributed by atoms with Crippen LogP contribution in [0.3, 0.4) is 0 Å². The molecule has 26 heavy (non-hydrogen) atoms. The van der Waals surface area contributed by atoms with E-state index in [4.69, 9.17) is 0 Å². The minimum Gasteiger partial charge on any atom is -0.369 e. The number of nitrogens with zero attached hydrogens (tertiary/aromatic N) is 3. The van der Waals surface area contributed by atoms with Crippen molar-refractivity contribution < 1.29 is 14.0 Å². The molecule has 138 valence electrons. The second-order valence-electron chi connectivity index (χ2n) is 6.26. The van der Waals surface area contributed by atoms with E-state index in [9.17, 15) is 14.0 Å². The molecule has 0 radical (unpaired) electrons. The van der Waals surface area contributed by atoms with Crippen molar-refractivity contribution in [2.45, 2.75) is 32.7 Å². The van der Waals surface area contributed by atoms with E-state index in [2.05, 4.69) is 15.7 Å². The van der Waals surface area contributed by atoms with Crippen LogP contribution in [0.4, 0.5) is 21.5 Å². The first-order valence-corrected chi connectivity index (χ1v) is 8.76. The predicted octanol–water partition coefficient (Wildman–Crippen LogP) is 2.61. The number of carbonyl (C=O) groups is 2. The molecule has 1 aliphatic heterocycles. The molecule has 3 rings (SSSR count). The first-order valence-electron chi connectivity index (χ1n) is 8.76. The number of nitrogens with one attached hydrogen (secondary N) is 2. The third-order valence-electron chi connectivity index (χ3n) is 4.20. The molecule has 8 heteroatoms. The Hall–Kier alpha value is -2.90. The van der Waals surface area contributed by atoms with Crippen LogP contribution < -0.4 is 15.5 Å². The number of amides is 2. The lowest BCUT2D eigenvalue weighted by atomic mass is 10.2. The SMILES string of the molecule is CCCn1cc(NC(=O)C(=O)Nc2ccc(N3CCCC3)c(F)c2)cn1. The molecule has 2 N–H and O–H groups in total. The number of benzene rings is 1. The summed E-state index contributed by atoms with van der Waals surface area (Å²) in [5.74, 6) is -2.10. The lowest BCUT2D eigenvalue weighted by Crippen LogP contribution is -2.29. The maximum Gasteiger partial charge on any atom is 0.314 e. The molecule has 1 aromatic carbocycles. The fourth-order valence-electron chi connectivity index (χ4n) is 2.95. The second-order valence-corrected chi connectivity index (χ2v) is 6.26. The number of rotatable bonds is 5. The van der Waals surface area contributed by atoms with Crippen molar-refractivity contribution in [3.05, 3.63) is 36.4 Å². The Kier molecular flexibility index (Phi) is 5.50. The minimum atomic E-state index is -0.860. The summed E-state index contributed by atoms with van der Waals surface area (Å²) >= 11 is 0. The molecule has 0 spiro atoms. The zero-order valence-corrected chi connectivity index (χ0v) is 14.7. The lowest BCUT2D eigenvalue weighted by molar-refractivity contribution is -0.133. The van der Waals surface area contributed by atoms with Gasteiger partial charge in [0.25, 0.3) is 0 Å². The van der Waals surface area contributed by atoms with Gasteiger partial charge >= 0.3 is 11.8 Å². The van der Waals surface area contributed by atoms with Gasteiger partial charge in [-0.2, -0.15) is 5.10 Å². The van der Waals surface area contributed by atoms with Crippen LogP contribution in [0.2, 0.25) is 0 Å². The lowest BCUT2D eigenvalue weighted by Gasteiger charge is -2.18. The van der Waals surface area contributed by atoms with Gasteiger partial charge in [-0.3, -0.25) is 14.3 Å². The highest BCUT2D eigenvalue weighted by atomic mass is 19.1. The van der Waals surface area contributed by atoms with Crippen molar-refractivity contribution in [1.82, 2.24) is 9.78 Å². The molecule has 2 aromatic rings. The van der Waals surface area contributed by atoms with E-state index in [1.165, 1.54) is 12.3 Å².